The van der Waals surface area contributed by atoms with E-state index in [4.69, 9.17) is 11.6 Å². The fourth-order valence-corrected chi connectivity index (χ4v) is 3.97. The zero-order valence-electron chi connectivity index (χ0n) is 20.3. The van der Waals surface area contributed by atoms with Gasteiger partial charge in [0.1, 0.15) is 11.6 Å². The van der Waals surface area contributed by atoms with Crippen LogP contribution in [0.2, 0.25) is 5.02 Å². The molecule has 0 saturated heterocycles. The number of carbonyl (C=O) groups excluding carboxylic acids is 2. The maximum Gasteiger partial charge on any atom is 0.272 e. The first-order chi connectivity index (χ1) is 18.5. The highest BCUT2D eigenvalue weighted by atomic mass is 35.5. The molecule has 0 radical (unpaired) electrons. The number of hydrogen-bond donors (Lipinski definition) is 4. The van der Waals surface area contributed by atoms with Gasteiger partial charge in [-0.25, -0.2) is 9.67 Å². The highest BCUT2D eigenvalue weighted by Gasteiger charge is 2.20. The number of para-hydroxylation sites is 1. The van der Waals surface area contributed by atoms with E-state index >= 15 is 0 Å². The largest absolute Gasteiger partial charge is 0.373 e. The number of H-pyrrole nitrogens is 1. The van der Waals surface area contributed by atoms with Crippen LogP contribution in [-0.4, -0.2) is 43.8 Å². The molecule has 3 heterocycles. The summed E-state index contributed by atoms with van der Waals surface area (Å²) in [6, 6.07) is 21.4. The lowest BCUT2D eigenvalue weighted by molar-refractivity contribution is 0.0944. The third-order valence-electron chi connectivity index (χ3n) is 5.70. The van der Waals surface area contributed by atoms with Gasteiger partial charge in [-0.15, -0.1) is 0 Å². The van der Waals surface area contributed by atoms with Crippen molar-refractivity contribution in [2.45, 2.75) is 6.54 Å². The maximum absolute atomic E-state index is 13.4. The Kier molecular flexibility index (Phi) is 7.14. The molecule has 4 N–H and O–H groups in total. The molecule has 0 saturated carbocycles. The van der Waals surface area contributed by atoms with Gasteiger partial charge in [-0.3, -0.25) is 14.7 Å². The molecule has 3 aromatic heterocycles. The van der Waals surface area contributed by atoms with Crippen LogP contribution < -0.4 is 16.0 Å². The molecule has 0 aliphatic carbocycles. The maximum atomic E-state index is 13.4. The van der Waals surface area contributed by atoms with E-state index in [2.05, 4.69) is 36.2 Å². The molecule has 2 amide bonds. The highest BCUT2D eigenvalue weighted by molar-refractivity contribution is 6.34. The van der Waals surface area contributed by atoms with Gasteiger partial charge in [0.05, 0.1) is 28.2 Å². The normalized spacial score (nSPS) is 10.7. The molecule has 0 bridgehead atoms. The summed E-state index contributed by atoms with van der Waals surface area (Å²) in [4.78, 5) is 30.8. The molecular weight excluding hydrogens is 504 g/mol. The number of halogens is 1. The van der Waals surface area contributed by atoms with Crippen LogP contribution in [0.1, 0.15) is 26.4 Å². The van der Waals surface area contributed by atoms with E-state index < -0.39 is 11.8 Å². The predicted octanol–water partition coefficient (Wildman–Crippen LogP) is 4.53. The molecule has 190 valence electrons. The highest BCUT2D eigenvalue weighted by Crippen LogP contribution is 2.26. The number of anilines is 2. The Labute approximate surface area is 223 Å². The number of benzene rings is 2. The van der Waals surface area contributed by atoms with Gasteiger partial charge in [0.15, 0.2) is 5.69 Å². The van der Waals surface area contributed by atoms with Gasteiger partial charge >= 0.3 is 0 Å². The molecule has 0 unspecified atom stereocenters. The first-order valence-corrected chi connectivity index (χ1v) is 12.1. The van der Waals surface area contributed by atoms with Crippen molar-refractivity contribution < 1.29 is 9.59 Å². The Morgan fingerprint density at radius 2 is 1.84 bits per heavy atom. The number of amides is 2. The zero-order valence-corrected chi connectivity index (χ0v) is 21.0. The fourth-order valence-electron chi connectivity index (χ4n) is 3.77. The van der Waals surface area contributed by atoms with Crippen LogP contribution in [0.15, 0.2) is 85.2 Å². The molecule has 5 rings (SSSR count). The van der Waals surface area contributed by atoms with Gasteiger partial charge in [0.2, 0.25) is 0 Å². The Morgan fingerprint density at radius 3 is 2.61 bits per heavy atom. The van der Waals surface area contributed by atoms with Crippen LogP contribution >= 0.6 is 11.6 Å². The molecule has 0 aliphatic heterocycles. The van der Waals surface area contributed by atoms with Gasteiger partial charge in [0.25, 0.3) is 11.8 Å². The Morgan fingerprint density at radius 1 is 1.00 bits per heavy atom. The van der Waals surface area contributed by atoms with Crippen molar-refractivity contribution in [1.82, 2.24) is 30.3 Å². The number of rotatable bonds is 8. The summed E-state index contributed by atoms with van der Waals surface area (Å²) in [6.45, 7) is 0.278. The summed E-state index contributed by atoms with van der Waals surface area (Å²) < 4.78 is 1.50. The minimum atomic E-state index is -0.455. The summed E-state index contributed by atoms with van der Waals surface area (Å²) in [7, 11) is 1.79. The van der Waals surface area contributed by atoms with Crippen LogP contribution in [0.5, 0.6) is 0 Å². The zero-order chi connectivity index (χ0) is 26.5. The van der Waals surface area contributed by atoms with E-state index in [9.17, 15) is 9.59 Å². The minimum absolute atomic E-state index is 0.139. The Hall–Kier alpha value is -4.96. The SMILES string of the molecule is CNc1cccc(-c2ccc(Cl)c(C(=O)Nc3cc(C(=O)NCc4cn[nH]c4)nn3-c3ccccc3)c2)n1. The molecule has 11 heteroatoms. The molecule has 0 atom stereocenters. The van der Waals surface area contributed by atoms with E-state index in [0.717, 1.165) is 11.1 Å². The van der Waals surface area contributed by atoms with Crippen molar-refractivity contribution in [3.63, 3.8) is 0 Å². The van der Waals surface area contributed by atoms with E-state index in [1.807, 2.05) is 48.5 Å². The summed E-state index contributed by atoms with van der Waals surface area (Å²) >= 11 is 6.42. The van der Waals surface area contributed by atoms with Gasteiger partial charge < -0.3 is 16.0 Å². The summed E-state index contributed by atoms with van der Waals surface area (Å²) in [5.74, 6) is 0.163. The molecule has 0 aliphatic rings. The molecular formula is C27H23ClN8O2. The molecule has 2 aromatic carbocycles. The van der Waals surface area contributed by atoms with Crippen LogP contribution in [0, 0.1) is 0 Å². The lowest BCUT2D eigenvalue weighted by Crippen LogP contribution is -2.23. The lowest BCUT2D eigenvalue weighted by atomic mass is 10.1. The number of pyridine rings is 1. The number of carbonyl (C=O) groups is 2. The third-order valence-corrected chi connectivity index (χ3v) is 6.03. The number of nitrogens with zero attached hydrogens (tertiary/aromatic N) is 4. The molecule has 5 aromatic rings. The Balaban J connectivity index is 1.44. The van der Waals surface area contributed by atoms with Gasteiger partial charge in [-0.05, 0) is 36.4 Å². The van der Waals surface area contributed by atoms with Crippen molar-refractivity contribution in [2.75, 3.05) is 17.7 Å². The topological polar surface area (TPSA) is 130 Å². The summed E-state index contributed by atoms with van der Waals surface area (Å²) in [5.41, 5.74) is 3.30. The van der Waals surface area contributed by atoms with Crippen molar-refractivity contribution in [2.24, 2.45) is 0 Å². The van der Waals surface area contributed by atoms with Crippen molar-refractivity contribution >= 4 is 35.1 Å². The van der Waals surface area contributed by atoms with E-state index in [1.165, 1.54) is 10.7 Å². The predicted molar refractivity (Wildman–Crippen MR) is 146 cm³/mol. The van der Waals surface area contributed by atoms with E-state index in [0.29, 0.717) is 23.0 Å². The van der Waals surface area contributed by atoms with Crippen LogP contribution in [0.3, 0.4) is 0 Å². The minimum Gasteiger partial charge on any atom is -0.373 e. The second kappa shape index (κ2) is 11.0. The van der Waals surface area contributed by atoms with Crippen LogP contribution in [0.25, 0.3) is 16.9 Å². The average molecular weight is 527 g/mol. The lowest BCUT2D eigenvalue weighted by Gasteiger charge is -2.11. The molecule has 0 fully saturated rings. The smallest absolute Gasteiger partial charge is 0.272 e. The summed E-state index contributed by atoms with van der Waals surface area (Å²) in [6.07, 6.45) is 3.31. The van der Waals surface area contributed by atoms with Crippen molar-refractivity contribution in [1.29, 1.82) is 0 Å². The summed E-state index contributed by atoms with van der Waals surface area (Å²) in [5, 5.41) is 20.0. The number of aromatic nitrogens is 5. The monoisotopic (exact) mass is 526 g/mol. The molecule has 0 spiro atoms. The van der Waals surface area contributed by atoms with Gasteiger partial charge in [-0.2, -0.15) is 10.2 Å². The second-order valence-electron chi connectivity index (χ2n) is 8.26. The van der Waals surface area contributed by atoms with Crippen molar-refractivity contribution in [3.05, 3.63) is 107 Å². The molecule has 38 heavy (non-hydrogen) atoms. The van der Waals surface area contributed by atoms with Crippen LogP contribution in [0.4, 0.5) is 11.6 Å². The first kappa shape index (κ1) is 24.7. The second-order valence-corrected chi connectivity index (χ2v) is 8.67. The third kappa shape index (κ3) is 5.40. The number of nitrogens with one attached hydrogen (secondary N) is 4. The standard InChI is InChI=1S/C27H23ClN8O2/c1-29-24-9-5-8-22(33-24)18-10-11-21(28)20(12-18)26(37)34-25-13-23(27(38)30-14-17-15-31-32-16-17)35-36(25)19-6-3-2-4-7-19/h2-13,15-16H,14H2,1H3,(H,29,33)(H,30,38)(H,31,32)(H,34,37). The average Bonchev–Trinajstić information content (AvgIpc) is 3.63. The quantitative estimate of drug-likeness (QED) is 0.235. The van der Waals surface area contributed by atoms with Crippen molar-refractivity contribution in [3.8, 4) is 16.9 Å². The van der Waals surface area contributed by atoms with Gasteiger partial charge in [0, 0.05) is 37.0 Å². The van der Waals surface area contributed by atoms with E-state index in [1.54, 1.807) is 37.6 Å². The Bertz CT molecular complexity index is 1580. The van der Waals surface area contributed by atoms with Gasteiger partial charge in [-0.1, -0.05) is 41.9 Å². The molecule has 10 nitrogen and oxygen atoms in total. The fraction of sp³-hybridized carbons (Fsp3) is 0.0741. The number of aromatic amines is 1. The van der Waals surface area contributed by atoms with E-state index in [-0.39, 0.29) is 22.8 Å². The van der Waals surface area contributed by atoms with Crippen LogP contribution in [-0.2, 0) is 6.54 Å². The first-order valence-electron chi connectivity index (χ1n) is 11.7. The number of hydrogen-bond acceptors (Lipinski definition) is 6.